The summed E-state index contributed by atoms with van der Waals surface area (Å²) in [5, 5.41) is 20.1. The molecule has 0 aliphatic carbocycles. The molecule has 4 nitrogen and oxygen atoms in total. The number of hydrogen-bond donors (Lipinski definition) is 2. The number of aromatic hydroxyl groups is 1. The third-order valence-electron chi connectivity index (χ3n) is 5.69. The van der Waals surface area contributed by atoms with Crippen LogP contribution in [-0.4, -0.2) is 16.4 Å². The zero-order valence-electron chi connectivity index (χ0n) is 19.0. The van der Waals surface area contributed by atoms with Gasteiger partial charge in [-0.2, -0.15) is 0 Å². The summed E-state index contributed by atoms with van der Waals surface area (Å²) < 4.78 is 4.76. The van der Waals surface area contributed by atoms with Crippen molar-refractivity contribution in [3.8, 4) is 11.5 Å². The van der Waals surface area contributed by atoms with Gasteiger partial charge < -0.3 is 14.9 Å². The molecule has 0 heterocycles. The van der Waals surface area contributed by atoms with Crippen LogP contribution in [0.4, 0.5) is 4.79 Å². The van der Waals surface area contributed by atoms with Gasteiger partial charge in [-0.1, -0.05) is 102 Å². The first-order valence-electron chi connectivity index (χ1n) is 11.9. The second kappa shape index (κ2) is 16.3. The van der Waals surface area contributed by atoms with Crippen molar-refractivity contribution in [2.75, 3.05) is 0 Å². The minimum Gasteiger partial charge on any atom is -0.504 e. The fourth-order valence-corrected chi connectivity index (χ4v) is 4.24. The molecule has 0 aliphatic heterocycles. The molecule has 0 radical (unpaired) electrons. The molecule has 0 fully saturated rings. The molecule has 0 unspecified atom stereocenters. The predicted octanol–water partition coefficient (Wildman–Crippen LogP) is 8.69. The number of unbranched alkanes of at least 4 members (excludes halogenated alkanes) is 12. The van der Waals surface area contributed by atoms with E-state index in [-0.39, 0.29) is 11.5 Å². The van der Waals surface area contributed by atoms with Crippen molar-refractivity contribution in [3.05, 3.63) is 22.2 Å². The van der Waals surface area contributed by atoms with Crippen molar-refractivity contribution < 1.29 is 19.7 Å². The Balaban J connectivity index is 2.71. The van der Waals surface area contributed by atoms with Crippen LogP contribution in [0.2, 0.25) is 5.02 Å². The second-order valence-corrected chi connectivity index (χ2v) is 8.68. The van der Waals surface area contributed by atoms with Crippen LogP contribution in [0, 0.1) is 0 Å². The average molecular weight is 441 g/mol. The largest absolute Gasteiger partial charge is 0.511 e. The van der Waals surface area contributed by atoms with E-state index in [9.17, 15) is 9.90 Å². The zero-order chi connectivity index (χ0) is 22.2. The molecule has 30 heavy (non-hydrogen) atoms. The lowest BCUT2D eigenvalue weighted by atomic mass is 9.94. The van der Waals surface area contributed by atoms with E-state index in [0.717, 1.165) is 43.2 Å². The summed E-state index contributed by atoms with van der Waals surface area (Å²) in [6.45, 7) is 4.43. The smallest absolute Gasteiger partial charge is 0.504 e. The number of ether oxygens (including phenoxy) is 1. The van der Waals surface area contributed by atoms with Gasteiger partial charge in [-0.25, -0.2) is 4.79 Å². The molecule has 172 valence electrons. The maximum Gasteiger partial charge on any atom is 0.511 e. The van der Waals surface area contributed by atoms with Gasteiger partial charge in [-0.15, -0.1) is 0 Å². The van der Waals surface area contributed by atoms with Crippen molar-refractivity contribution in [2.45, 2.75) is 117 Å². The molecule has 1 rings (SSSR count). The van der Waals surface area contributed by atoms with Crippen LogP contribution in [0.15, 0.2) is 6.07 Å². The molecule has 0 spiro atoms. The Kier molecular flexibility index (Phi) is 14.5. The number of phenolic OH excluding ortho intramolecular Hbond substituents is 1. The van der Waals surface area contributed by atoms with Crippen molar-refractivity contribution in [1.82, 2.24) is 0 Å². The van der Waals surface area contributed by atoms with E-state index in [1.807, 2.05) is 0 Å². The fourth-order valence-electron chi connectivity index (χ4n) is 3.94. The molecule has 2 N–H and O–H groups in total. The van der Waals surface area contributed by atoms with Gasteiger partial charge >= 0.3 is 6.16 Å². The van der Waals surface area contributed by atoms with Gasteiger partial charge in [-0.3, -0.25) is 0 Å². The zero-order valence-corrected chi connectivity index (χ0v) is 19.7. The first kappa shape index (κ1) is 26.6. The van der Waals surface area contributed by atoms with Gasteiger partial charge in [0.1, 0.15) is 0 Å². The third kappa shape index (κ3) is 10.6. The average Bonchev–Trinajstić information content (AvgIpc) is 2.71. The molecule has 0 atom stereocenters. The lowest BCUT2D eigenvalue weighted by molar-refractivity contribution is 0.143. The summed E-state index contributed by atoms with van der Waals surface area (Å²) in [5.74, 6) is -0.125. The lowest BCUT2D eigenvalue weighted by Gasteiger charge is -2.16. The molecule has 0 saturated carbocycles. The minimum absolute atomic E-state index is 0.0613. The number of carbonyl (C=O) groups is 1. The van der Waals surface area contributed by atoms with Gasteiger partial charge in [0.25, 0.3) is 0 Å². The van der Waals surface area contributed by atoms with Gasteiger partial charge in [0, 0.05) is 16.7 Å². The molecule has 0 amide bonds. The van der Waals surface area contributed by atoms with Crippen molar-refractivity contribution in [1.29, 1.82) is 0 Å². The maximum atomic E-state index is 11.0. The molecule has 0 aliphatic rings. The highest BCUT2D eigenvalue weighted by Crippen LogP contribution is 2.39. The van der Waals surface area contributed by atoms with Crippen LogP contribution in [0.3, 0.4) is 0 Å². The summed E-state index contributed by atoms with van der Waals surface area (Å²) in [4.78, 5) is 11.0. The SMILES string of the molecule is CCCCCCCCCc1c(Cl)cc(OC(=O)O)c(O)c1CCCCCCCCC. The highest BCUT2D eigenvalue weighted by Gasteiger charge is 2.19. The number of benzene rings is 1. The Morgan fingerprint density at radius 3 is 1.70 bits per heavy atom. The minimum atomic E-state index is -1.44. The van der Waals surface area contributed by atoms with Crippen molar-refractivity contribution >= 4 is 17.8 Å². The van der Waals surface area contributed by atoms with Gasteiger partial charge in [-0.05, 0) is 31.2 Å². The van der Waals surface area contributed by atoms with E-state index < -0.39 is 6.16 Å². The quantitative estimate of drug-likeness (QED) is 0.144. The van der Waals surface area contributed by atoms with Gasteiger partial charge in [0.15, 0.2) is 11.5 Å². The van der Waals surface area contributed by atoms with Gasteiger partial charge in [0.05, 0.1) is 0 Å². The molecule has 0 saturated heterocycles. The Morgan fingerprint density at radius 2 is 1.23 bits per heavy atom. The van der Waals surface area contributed by atoms with E-state index in [0.29, 0.717) is 11.4 Å². The topological polar surface area (TPSA) is 66.8 Å². The number of rotatable bonds is 17. The molecule has 5 heteroatoms. The van der Waals surface area contributed by atoms with E-state index in [1.54, 1.807) is 0 Å². The number of hydrogen-bond acceptors (Lipinski definition) is 3. The van der Waals surface area contributed by atoms with E-state index in [2.05, 4.69) is 13.8 Å². The Morgan fingerprint density at radius 1 is 0.800 bits per heavy atom. The van der Waals surface area contributed by atoms with Crippen LogP contribution in [-0.2, 0) is 12.8 Å². The Hall–Kier alpha value is -1.42. The first-order chi connectivity index (χ1) is 14.5. The molecule has 1 aromatic carbocycles. The van der Waals surface area contributed by atoms with Crippen LogP contribution < -0.4 is 4.74 Å². The van der Waals surface area contributed by atoms with Crippen molar-refractivity contribution in [2.24, 2.45) is 0 Å². The third-order valence-corrected chi connectivity index (χ3v) is 6.02. The summed E-state index contributed by atoms with van der Waals surface area (Å²) in [6.07, 6.45) is 16.8. The molecular formula is C25H41ClO4. The maximum absolute atomic E-state index is 11.0. The normalized spacial score (nSPS) is 11.0. The summed E-state index contributed by atoms with van der Waals surface area (Å²) >= 11 is 6.48. The molecule has 0 bridgehead atoms. The van der Waals surface area contributed by atoms with E-state index in [4.69, 9.17) is 21.4 Å². The second-order valence-electron chi connectivity index (χ2n) is 8.27. The summed E-state index contributed by atoms with van der Waals surface area (Å²) in [5.41, 5.74) is 1.71. The fraction of sp³-hybridized carbons (Fsp3) is 0.720. The first-order valence-corrected chi connectivity index (χ1v) is 12.3. The highest BCUT2D eigenvalue weighted by atomic mass is 35.5. The van der Waals surface area contributed by atoms with Crippen molar-refractivity contribution in [3.63, 3.8) is 0 Å². The lowest BCUT2D eigenvalue weighted by Crippen LogP contribution is -2.06. The molecule has 1 aromatic rings. The monoisotopic (exact) mass is 440 g/mol. The number of carboxylic acid groups (broad SMARTS) is 1. The number of halogens is 1. The van der Waals surface area contributed by atoms with Gasteiger partial charge in [0.2, 0.25) is 0 Å². The summed E-state index contributed by atoms with van der Waals surface area (Å²) in [7, 11) is 0. The molecular weight excluding hydrogens is 400 g/mol. The van der Waals surface area contributed by atoms with Crippen LogP contribution in [0.5, 0.6) is 11.5 Å². The van der Waals surface area contributed by atoms with Crippen LogP contribution in [0.25, 0.3) is 0 Å². The van der Waals surface area contributed by atoms with Crippen LogP contribution in [0.1, 0.15) is 115 Å². The standard InChI is InChI=1S/C25H41ClO4/c1-3-5-7-9-11-13-15-17-20-21(18-16-14-12-10-8-6-4-2)24(27)23(19-22(20)26)30-25(28)29/h19,27H,3-18H2,1-2H3,(H,28,29). The summed E-state index contributed by atoms with van der Waals surface area (Å²) in [6, 6.07) is 1.44. The Labute approximate surface area is 188 Å². The highest BCUT2D eigenvalue weighted by molar-refractivity contribution is 6.31. The predicted molar refractivity (Wildman–Crippen MR) is 125 cm³/mol. The van der Waals surface area contributed by atoms with Crippen LogP contribution >= 0.6 is 11.6 Å². The van der Waals surface area contributed by atoms with E-state index in [1.165, 1.54) is 70.3 Å². The van der Waals surface area contributed by atoms with E-state index >= 15 is 0 Å². The Bertz CT molecular complexity index is 616. The number of phenols is 1. The molecule has 0 aromatic heterocycles.